The Morgan fingerprint density at radius 1 is 0.955 bits per heavy atom. The van der Waals surface area contributed by atoms with E-state index >= 15 is 0 Å². The number of carboxylic acids is 2. The third kappa shape index (κ3) is 2.10. The number of hydrogen-bond acceptors (Lipinski definition) is 4. The number of carboxylic acid groups (broad SMARTS) is 2. The zero-order chi connectivity index (χ0) is 15.9. The molecule has 6 nitrogen and oxygen atoms in total. The minimum atomic E-state index is -1.35. The van der Waals surface area contributed by atoms with Crippen LogP contribution in [-0.2, 0) is 4.74 Å². The molecule has 22 heavy (non-hydrogen) atoms. The fourth-order valence-corrected chi connectivity index (χ4v) is 2.48. The summed E-state index contributed by atoms with van der Waals surface area (Å²) in [5.41, 5.74) is 0.818. The van der Waals surface area contributed by atoms with E-state index in [0.717, 1.165) is 0 Å². The van der Waals surface area contributed by atoms with E-state index < -0.39 is 24.0 Å². The molecular formula is C16H10O6. The molecule has 0 bridgehead atoms. The number of carbonyl (C=O) groups excluding carboxylic acids is 1. The van der Waals surface area contributed by atoms with Crippen LogP contribution in [-0.4, -0.2) is 28.1 Å². The van der Waals surface area contributed by atoms with Gasteiger partial charge in [-0.2, -0.15) is 0 Å². The Hall–Kier alpha value is -3.15. The molecule has 1 aliphatic heterocycles. The lowest BCUT2D eigenvalue weighted by molar-refractivity contribution is 0.0455. The second-order valence-electron chi connectivity index (χ2n) is 4.79. The van der Waals surface area contributed by atoms with Gasteiger partial charge >= 0.3 is 17.9 Å². The van der Waals surface area contributed by atoms with Gasteiger partial charge in [0.1, 0.15) is 0 Å². The predicted octanol–water partition coefficient (Wildman–Crippen LogP) is 2.34. The highest BCUT2D eigenvalue weighted by Crippen LogP contribution is 2.36. The molecule has 0 fully saturated rings. The van der Waals surface area contributed by atoms with Gasteiger partial charge in [0, 0.05) is 5.56 Å². The maximum Gasteiger partial charge on any atom is 0.339 e. The minimum absolute atomic E-state index is 0.311. The SMILES string of the molecule is O=C(O)c1ccc(C2OC(=O)c3ccccc32)cc1C(=O)O. The maximum atomic E-state index is 11.8. The van der Waals surface area contributed by atoms with Crippen LogP contribution < -0.4 is 0 Å². The lowest BCUT2D eigenvalue weighted by Crippen LogP contribution is -2.10. The van der Waals surface area contributed by atoms with Crippen molar-refractivity contribution in [1.82, 2.24) is 0 Å². The summed E-state index contributed by atoms with van der Waals surface area (Å²) in [6.45, 7) is 0. The molecule has 1 aliphatic rings. The van der Waals surface area contributed by atoms with Crippen LogP contribution in [0.2, 0.25) is 0 Å². The molecule has 0 saturated carbocycles. The standard InChI is InChI=1S/C16H10O6/c17-14(18)10-6-5-8(7-12(10)15(19)20)13-9-3-1-2-4-11(9)16(21)22-13/h1-7,13H,(H,17,18)(H,19,20). The van der Waals surface area contributed by atoms with Gasteiger partial charge in [0.05, 0.1) is 16.7 Å². The van der Waals surface area contributed by atoms with E-state index in [9.17, 15) is 14.4 Å². The van der Waals surface area contributed by atoms with Gasteiger partial charge in [0.25, 0.3) is 0 Å². The van der Waals surface area contributed by atoms with E-state index in [1.54, 1.807) is 24.3 Å². The Morgan fingerprint density at radius 2 is 1.64 bits per heavy atom. The summed E-state index contributed by atoms with van der Waals surface area (Å²) in [7, 11) is 0. The first-order chi connectivity index (χ1) is 10.5. The quantitative estimate of drug-likeness (QED) is 0.843. The summed E-state index contributed by atoms with van der Waals surface area (Å²) in [5.74, 6) is -3.16. The molecule has 0 aliphatic carbocycles. The molecule has 0 aromatic heterocycles. The molecule has 1 atom stereocenters. The van der Waals surface area contributed by atoms with Crippen molar-refractivity contribution in [3.63, 3.8) is 0 Å². The van der Waals surface area contributed by atoms with E-state index in [0.29, 0.717) is 16.7 Å². The van der Waals surface area contributed by atoms with E-state index in [4.69, 9.17) is 14.9 Å². The van der Waals surface area contributed by atoms with Crippen molar-refractivity contribution in [3.05, 3.63) is 70.3 Å². The highest BCUT2D eigenvalue weighted by Gasteiger charge is 2.32. The fourth-order valence-electron chi connectivity index (χ4n) is 2.48. The van der Waals surface area contributed by atoms with Gasteiger partial charge in [-0.05, 0) is 23.8 Å². The summed E-state index contributed by atoms with van der Waals surface area (Å²) < 4.78 is 5.27. The zero-order valence-corrected chi connectivity index (χ0v) is 11.1. The molecule has 0 saturated heterocycles. The van der Waals surface area contributed by atoms with Crippen LogP contribution in [0.25, 0.3) is 0 Å². The molecule has 0 amide bonds. The van der Waals surface area contributed by atoms with Gasteiger partial charge in [0.15, 0.2) is 6.10 Å². The average molecular weight is 298 g/mol. The molecule has 0 radical (unpaired) electrons. The second kappa shape index (κ2) is 5.00. The van der Waals surface area contributed by atoms with Crippen molar-refractivity contribution in [2.45, 2.75) is 6.10 Å². The Labute approximate surface area is 124 Å². The zero-order valence-electron chi connectivity index (χ0n) is 11.1. The first-order valence-electron chi connectivity index (χ1n) is 6.39. The van der Waals surface area contributed by atoms with Crippen LogP contribution in [0.1, 0.15) is 48.3 Å². The second-order valence-corrected chi connectivity index (χ2v) is 4.79. The Balaban J connectivity index is 2.11. The largest absolute Gasteiger partial charge is 0.478 e. The van der Waals surface area contributed by atoms with Gasteiger partial charge in [0.2, 0.25) is 0 Å². The number of esters is 1. The molecule has 110 valence electrons. The third-order valence-electron chi connectivity index (χ3n) is 3.50. The predicted molar refractivity (Wildman–Crippen MR) is 74.1 cm³/mol. The normalized spacial score (nSPS) is 16.0. The number of hydrogen-bond donors (Lipinski definition) is 2. The summed E-state index contributed by atoms with van der Waals surface area (Å²) in [5, 5.41) is 18.2. The first kappa shape index (κ1) is 13.8. The van der Waals surface area contributed by atoms with Crippen LogP contribution in [0.15, 0.2) is 42.5 Å². The Kier molecular flexibility index (Phi) is 3.14. The molecule has 3 rings (SSSR count). The summed E-state index contributed by atoms with van der Waals surface area (Å²) in [6.07, 6.45) is -0.732. The number of benzene rings is 2. The van der Waals surface area contributed by atoms with Crippen LogP contribution in [0.5, 0.6) is 0 Å². The van der Waals surface area contributed by atoms with Gasteiger partial charge in [-0.25, -0.2) is 14.4 Å². The van der Waals surface area contributed by atoms with Crippen molar-refractivity contribution in [1.29, 1.82) is 0 Å². The van der Waals surface area contributed by atoms with Crippen LogP contribution in [0, 0.1) is 0 Å². The number of cyclic esters (lactones) is 1. The number of rotatable bonds is 3. The summed E-state index contributed by atoms with van der Waals surface area (Å²) >= 11 is 0. The monoisotopic (exact) mass is 298 g/mol. The Bertz CT molecular complexity index is 808. The topological polar surface area (TPSA) is 101 Å². The van der Waals surface area contributed by atoms with Crippen LogP contribution in [0.3, 0.4) is 0 Å². The maximum absolute atomic E-state index is 11.8. The first-order valence-corrected chi connectivity index (χ1v) is 6.39. The highest BCUT2D eigenvalue weighted by atomic mass is 16.5. The molecule has 2 aromatic rings. The van der Waals surface area contributed by atoms with Crippen molar-refractivity contribution in [2.24, 2.45) is 0 Å². The minimum Gasteiger partial charge on any atom is -0.478 e. The number of fused-ring (bicyclic) bond motifs is 1. The van der Waals surface area contributed by atoms with E-state index in [1.165, 1.54) is 18.2 Å². The summed E-state index contributed by atoms with van der Waals surface area (Å²) in [6, 6.07) is 10.7. The molecule has 0 spiro atoms. The van der Waals surface area contributed by atoms with E-state index in [1.807, 2.05) is 0 Å². The fraction of sp³-hybridized carbons (Fsp3) is 0.0625. The van der Waals surface area contributed by atoms with Crippen molar-refractivity contribution in [2.75, 3.05) is 0 Å². The smallest absolute Gasteiger partial charge is 0.339 e. The van der Waals surface area contributed by atoms with Crippen LogP contribution >= 0.6 is 0 Å². The van der Waals surface area contributed by atoms with E-state index in [2.05, 4.69) is 0 Å². The number of aromatic carboxylic acids is 2. The van der Waals surface area contributed by atoms with Crippen molar-refractivity contribution in [3.8, 4) is 0 Å². The Morgan fingerprint density at radius 3 is 2.32 bits per heavy atom. The molecule has 1 heterocycles. The lowest BCUT2D eigenvalue weighted by atomic mass is 9.96. The van der Waals surface area contributed by atoms with Crippen molar-refractivity contribution < 1.29 is 29.3 Å². The van der Waals surface area contributed by atoms with Gasteiger partial charge in [-0.1, -0.05) is 24.3 Å². The molecular weight excluding hydrogens is 288 g/mol. The summed E-state index contributed by atoms with van der Waals surface area (Å²) in [4.78, 5) is 34.1. The molecule has 6 heteroatoms. The highest BCUT2D eigenvalue weighted by molar-refractivity contribution is 6.02. The number of carbonyl (C=O) groups is 3. The molecule has 2 N–H and O–H groups in total. The average Bonchev–Trinajstić information content (AvgIpc) is 2.84. The molecule has 1 unspecified atom stereocenters. The molecule has 2 aromatic carbocycles. The lowest BCUT2D eigenvalue weighted by Gasteiger charge is -2.13. The van der Waals surface area contributed by atoms with Gasteiger partial charge < -0.3 is 14.9 Å². The van der Waals surface area contributed by atoms with Crippen molar-refractivity contribution >= 4 is 17.9 Å². The van der Waals surface area contributed by atoms with E-state index in [-0.39, 0.29) is 11.1 Å². The third-order valence-corrected chi connectivity index (χ3v) is 3.50. The van der Waals surface area contributed by atoms with Crippen LogP contribution in [0.4, 0.5) is 0 Å². The van der Waals surface area contributed by atoms with Gasteiger partial charge in [-0.3, -0.25) is 0 Å². The van der Waals surface area contributed by atoms with Gasteiger partial charge in [-0.15, -0.1) is 0 Å². The number of ether oxygens (including phenoxy) is 1.